The highest BCUT2D eigenvalue weighted by Gasteiger charge is 1.98. The highest BCUT2D eigenvalue weighted by molar-refractivity contribution is 5.81. The summed E-state index contributed by atoms with van der Waals surface area (Å²) in [6, 6.07) is 0. The van der Waals surface area contributed by atoms with Gasteiger partial charge in [-0.05, 0) is 12.3 Å². The van der Waals surface area contributed by atoms with Crippen molar-refractivity contribution in [1.82, 2.24) is 0 Å². The van der Waals surface area contributed by atoms with Crippen molar-refractivity contribution in [3.8, 4) is 0 Å². The van der Waals surface area contributed by atoms with Crippen LogP contribution in [0, 0.1) is 5.92 Å². The van der Waals surface area contributed by atoms with E-state index in [9.17, 15) is 4.79 Å². The van der Waals surface area contributed by atoms with Gasteiger partial charge in [0.25, 0.3) is 0 Å². The minimum atomic E-state index is -0.302. The topological polar surface area (TPSA) is 26.3 Å². The summed E-state index contributed by atoms with van der Waals surface area (Å²) in [5.74, 6) is 0.610. The number of hydrogen-bond donors (Lipinski definition) is 0. The van der Waals surface area contributed by atoms with E-state index in [0.29, 0.717) is 6.61 Å². The Morgan fingerprint density at radius 1 is 0.952 bits per heavy atom. The van der Waals surface area contributed by atoms with E-state index in [1.54, 1.807) is 0 Å². The molecule has 0 spiro atoms. The molecule has 0 fully saturated rings. The second kappa shape index (κ2) is 15.6. The van der Waals surface area contributed by atoms with Gasteiger partial charge in [-0.15, -0.1) is 0 Å². The van der Waals surface area contributed by atoms with Crippen molar-refractivity contribution in [2.24, 2.45) is 5.92 Å². The smallest absolute Gasteiger partial charge is 0.330 e. The molecule has 0 heterocycles. The van der Waals surface area contributed by atoms with Crippen molar-refractivity contribution in [2.75, 3.05) is 6.61 Å². The van der Waals surface area contributed by atoms with Crippen molar-refractivity contribution in [3.63, 3.8) is 0 Å². The Morgan fingerprint density at radius 2 is 1.43 bits per heavy atom. The predicted molar refractivity (Wildman–Crippen MR) is 91.4 cm³/mol. The number of carbonyl (C=O) groups excluding carboxylic acids is 1. The van der Waals surface area contributed by atoms with Crippen LogP contribution in [0.4, 0.5) is 0 Å². The number of carbonyl (C=O) groups is 1. The molecular formula is C19H36O2. The summed E-state index contributed by atoms with van der Waals surface area (Å²) in [7, 11) is 0. The minimum Gasteiger partial charge on any atom is -0.463 e. The summed E-state index contributed by atoms with van der Waals surface area (Å²) < 4.78 is 4.94. The van der Waals surface area contributed by atoms with Crippen LogP contribution in [0.5, 0.6) is 0 Å². The lowest BCUT2D eigenvalue weighted by Crippen LogP contribution is -2.01. The average Bonchev–Trinajstić information content (AvgIpc) is 2.51. The molecule has 0 bridgehead atoms. The molecular weight excluding hydrogens is 260 g/mol. The standard InChI is InChI=1S/C19H36O2/c1-4-18(3)16-14-12-10-8-6-7-9-11-13-15-17-21-19(20)5-2/h5,18H,2,4,6-17H2,1,3H3. The highest BCUT2D eigenvalue weighted by atomic mass is 16.5. The predicted octanol–water partition coefficient (Wildman–Crippen LogP) is 6.05. The Kier molecular flexibility index (Phi) is 15.0. The normalized spacial score (nSPS) is 12.1. The van der Waals surface area contributed by atoms with Crippen LogP contribution < -0.4 is 0 Å². The monoisotopic (exact) mass is 296 g/mol. The number of hydrogen-bond acceptors (Lipinski definition) is 2. The Bertz CT molecular complexity index is 248. The molecule has 0 saturated carbocycles. The van der Waals surface area contributed by atoms with Crippen molar-refractivity contribution < 1.29 is 9.53 Å². The van der Waals surface area contributed by atoms with E-state index in [-0.39, 0.29) is 5.97 Å². The molecule has 2 heteroatoms. The van der Waals surface area contributed by atoms with Gasteiger partial charge >= 0.3 is 5.97 Å². The van der Waals surface area contributed by atoms with Gasteiger partial charge < -0.3 is 4.74 Å². The zero-order valence-electron chi connectivity index (χ0n) is 14.4. The molecule has 1 atom stereocenters. The Labute approximate surface area is 132 Å². The molecule has 0 amide bonds. The van der Waals surface area contributed by atoms with E-state index in [1.807, 2.05) is 0 Å². The molecule has 0 saturated heterocycles. The van der Waals surface area contributed by atoms with E-state index in [4.69, 9.17) is 4.74 Å². The molecule has 0 aromatic heterocycles. The van der Waals surface area contributed by atoms with Gasteiger partial charge in [-0.3, -0.25) is 0 Å². The first-order valence-electron chi connectivity index (χ1n) is 8.99. The second-order valence-electron chi connectivity index (χ2n) is 6.21. The molecule has 0 aliphatic heterocycles. The van der Waals surface area contributed by atoms with Crippen LogP contribution in [-0.2, 0) is 9.53 Å². The van der Waals surface area contributed by atoms with Gasteiger partial charge in [-0.2, -0.15) is 0 Å². The van der Waals surface area contributed by atoms with Crippen LogP contribution in [-0.4, -0.2) is 12.6 Å². The van der Waals surface area contributed by atoms with Crippen LogP contribution in [0.2, 0.25) is 0 Å². The first-order chi connectivity index (χ1) is 10.2. The highest BCUT2D eigenvalue weighted by Crippen LogP contribution is 2.15. The Hall–Kier alpha value is -0.790. The Morgan fingerprint density at radius 3 is 1.90 bits per heavy atom. The summed E-state index contributed by atoms with van der Waals surface area (Å²) in [4.78, 5) is 10.8. The maximum absolute atomic E-state index is 10.8. The van der Waals surface area contributed by atoms with Crippen molar-refractivity contribution in [1.29, 1.82) is 0 Å². The zero-order valence-corrected chi connectivity index (χ0v) is 14.4. The van der Waals surface area contributed by atoms with Crippen molar-refractivity contribution >= 4 is 5.97 Å². The maximum atomic E-state index is 10.8. The van der Waals surface area contributed by atoms with Crippen LogP contribution in [0.25, 0.3) is 0 Å². The van der Waals surface area contributed by atoms with Gasteiger partial charge in [0.1, 0.15) is 0 Å². The van der Waals surface area contributed by atoms with E-state index < -0.39 is 0 Å². The molecule has 0 aliphatic carbocycles. The molecule has 0 aromatic rings. The summed E-state index contributed by atoms with van der Waals surface area (Å²) >= 11 is 0. The lowest BCUT2D eigenvalue weighted by Gasteiger charge is -2.07. The van der Waals surface area contributed by atoms with E-state index in [1.165, 1.54) is 76.7 Å². The largest absolute Gasteiger partial charge is 0.463 e. The van der Waals surface area contributed by atoms with E-state index >= 15 is 0 Å². The number of ether oxygens (including phenoxy) is 1. The molecule has 0 aliphatic rings. The van der Waals surface area contributed by atoms with Crippen LogP contribution in [0.1, 0.15) is 90.9 Å². The molecule has 1 unspecified atom stereocenters. The summed E-state index contributed by atoms with van der Waals surface area (Å²) in [6.45, 7) is 8.56. The quantitative estimate of drug-likeness (QED) is 0.209. The second-order valence-corrected chi connectivity index (χ2v) is 6.21. The van der Waals surface area contributed by atoms with Crippen LogP contribution in [0.3, 0.4) is 0 Å². The third-order valence-electron chi connectivity index (χ3n) is 4.20. The van der Waals surface area contributed by atoms with Gasteiger partial charge in [-0.25, -0.2) is 4.79 Å². The molecule has 0 N–H and O–H groups in total. The number of rotatable bonds is 15. The molecule has 2 nitrogen and oxygen atoms in total. The third-order valence-corrected chi connectivity index (χ3v) is 4.20. The maximum Gasteiger partial charge on any atom is 0.330 e. The first kappa shape index (κ1) is 20.2. The van der Waals surface area contributed by atoms with Gasteiger partial charge in [0.2, 0.25) is 0 Å². The van der Waals surface area contributed by atoms with Gasteiger partial charge in [-0.1, -0.05) is 91.1 Å². The first-order valence-corrected chi connectivity index (χ1v) is 8.99. The van der Waals surface area contributed by atoms with E-state index in [0.717, 1.165) is 12.3 Å². The van der Waals surface area contributed by atoms with Crippen molar-refractivity contribution in [2.45, 2.75) is 90.9 Å². The van der Waals surface area contributed by atoms with Crippen LogP contribution >= 0.6 is 0 Å². The minimum absolute atomic E-state index is 0.302. The van der Waals surface area contributed by atoms with Crippen molar-refractivity contribution in [3.05, 3.63) is 12.7 Å². The van der Waals surface area contributed by atoms with Gasteiger partial charge in [0.05, 0.1) is 6.61 Å². The van der Waals surface area contributed by atoms with Crippen LogP contribution in [0.15, 0.2) is 12.7 Å². The van der Waals surface area contributed by atoms with E-state index in [2.05, 4.69) is 20.4 Å². The fourth-order valence-corrected chi connectivity index (χ4v) is 2.44. The van der Waals surface area contributed by atoms with Gasteiger partial charge in [0, 0.05) is 6.08 Å². The average molecular weight is 296 g/mol. The fourth-order valence-electron chi connectivity index (χ4n) is 2.44. The lowest BCUT2D eigenvalue weighted by molar-refractivity contribution is -0.137. The molecule has 0 radical (unpaired) electrons. The number of esters is 1. The molecule has 0 rings (SSSR count). The summed E-state index contributed by atoms with van der Waals surface area (Å²) in [6.07, 6.45) is 17.1. The summed E-state index contributed by atoms with van der Waals surface area (Å²) in [5, 5.41) is 0. The SMILES string of the molecule is C=CC(=O)OCCCCCCCCCCCCC(C)CC. The molecule has 124 valence electrons. The number of unbranched alkanes of at least 4 members (excludes halogenated alkanes) is 9. The van der Waals surface area contributed by atoms with Gasteiger partial charge in [0.15, 0.2) is 0 Å². The zero-order chi connectivity index (χ0) is 15.8. The fraction of sp³-hybridized carbons (Fsp3) is 0.842. The lowest BCUT2D eigenvalue weighted by atomic mass is 9.99. The summed E-state index contributed by atoms with van der Waals surface area (Å²) in [5.41, 5.74) is 0. The molecule has 21 heavy (non-hydrogen) atoms. The molecule has 0 aromatic carbocycles. The Balaban J connectivity index is 3.06. The third kappa shape index (κ3) is 15.4.